The van der Waals surface area contributed by atoms with E-state index in [4.69, 9.17) is 0 Å². The number of aryl methyl sites for hydroxylation is 4. The van der Waals surface area contributed by atoms with Gasteiger partial charge in [0, 0.05) is 0 Å². The molecule has 5 aromatic carbocycles. The van der Waals surface area contributed by atoms with Crippen LogP contribution in [0.2, 0.25) is 5.31 Å². The van der Waals surface area contributed by atoms with Crippen molar-refractivity contribution >= 4 is 23.2 Å². The highest BCUT2D eigenvalue weighted by Crippen LogP contribution is 2.78. The quantitative estimate of drug-likeness (QED) is 0.179. The number of allylic oxidation sites excluding steroid dienone is 4. The zero-order chi connectivity index (χ0) is 30.6. The highest BCUT2D eigenvalue weighted by Gasteiger charge is 2.70. The molecule has 0 aromatic heterocycles. The maximum atomic E-state index is 2.59. The number of hydrogen-bond acceptors (Lipinski definition) is 0. The Morgan fingerprint density at radius 3 is 1.27 bits per heavy atom. The van der Waals surface area contributed by atoms with Crippen molar-refractivity contribution in [3.8, 4) is 22.3 Å². The third kappa shape index (κ3) is 4.53. The van der Waals surface area contributed by atoms with Crippen LogP contribution < -0.4 is 10.9 Å². The van der Waals surface area contributed by atoms with Crippen molar-refractivity contribution in [3.05, 3.63) is 161 Å². The summed E-state index contributed by atoms with van der Waals surface area (Å²) in [5.74, 6) is 0. The van der Waals surface area contributed by atoms with Gasteiger partial charge in [-0.05, 0) is 85.2 Å². The first kappa shape index (κ1) is 28.4. The summed E-state index contributed by atoms with van der Waals surface area (Å²) in [6.45, 7) is 14.5. The molecule has 7 rings (SSSR count). The molecule has 0 nitrogen and oxygen atoms in total. The van der Waals surface area contributed by atoms with Gasteiger partial charge in [-0.25, -0.2) is 0 Å². The van der Waals surface area contributed by atoms with Crippen LogP contribution in [0.3, 0.4) is 0 Å². The molecule has 2 aliphatic carbocycles. The third-order valence-corrected chi connectivity index (χ3v) is 10.7. The minimum absolute atomic E-state index is 0.0266. The molecule has 5 aromatic rings. The summed E-state index contributed by atoms with van der Waals surface area (Å²) in [5.41, 5.74) is 17.9. The molecule has 0 N–H and O–H groups in total. The van der Waals surface area contributed by atoms with E-state index >= 15 is 0 Å². The first-order chi connectivity index (χ1) is 21.2. The van der Waals surface area contributed by atoms with Gasteiger partial charge in [0.1, 0.15) is 0 Å². The fraction of sp³-hybridized carbons (Fsp3) is 0.209. The highest BCUT2D eigenvalue weighted by molar-refractivity contribution is 6.90. The Morgan fingerprint density at radius 2 is 0.886 bits per heavy atom. The molecule has 0 saturated heterocycles. The molecule has 0 bridgehead atoms. The van der Waals surface area contributed by atoms with E-state index in [1.807, 2.05) is 0 Å². The highest BCUT2D eigenvalue weighted by atomic mass is 14.6. The second kappa shape index (κ2) is 10.7. The minimum Gasteiger partial charge on any atom is -0.0721 e. The average molecular weight is 569 g/mol. The maximum absolute atomic E-state index is 2.59. The van der Waals surface area contributed by atoms with Crippen LogP contribution >= 0.6 is 0 Å². The normalized spacial score (nSPS) is 20.4. The summed E-state index contributed by atoms with van der Waals surface area (Å²) < 4.78 is 0. The van der Waals surface area contributed by atoms with Crippen LogP contribution in [0, 0.1) is 33.1 Å². The molecule has 1 heteroatoms. The SMILES string of the molecule is CC1=CC(c2ccccc2)=CC2(C)CC12B(c1c(C)cc(-c2ccccc2)cc1C)c1c(C)cc(-c2ccccc2)cc1C. The van der Waals surface area contributed by atoms with Crippen molar-refractivity contribution in [3.63, 3.8) is 0 Å². The number of hydrogen-bond donors (Lipinski definition) is 0. The molecular weight excluding hydrogens is 527 g/mol. The Kier molecular flexibility index (Phi) is 6.89. The standard InChI is InChI=1S/C43H41B/c1-29-22-37(34-16-10-7-11-17-34)23-30(2)40(29)44(41-31(3)24-38(25-32(41)4)35-18-12-8-13-19-35)43-28-42(43,6)27-39(26-33(43)5)36-20-14-9-15-21-36/h7-27H,28H2,1-6H3. The molecule has 1 saturated carbocycles. The van der Waals surface area contributed by atoms with Gasteiger partial charge >= 0.3 is 0 Å². The van der Waals surface area contributed by atoms with E-state index in [0.29, 0.717) is 0 Å². The summed E-state index contributed by atoms with van der Waals surface area (Å²) in [4.78, 5) is 0. The van der Waals surface area contributed by atoms with Crippen molar-refractivity contribution in [2.24, 2.45) is 5.41 Å². The Labute approximate surface area is 264 Å². The van der Waals surface area contributed by atoms with Gasteiger partial charge in [-0.15, -0.1) is 0 Å². The first-order valence-electron chi connectivity index (χ1n) is 16.0. The van der Waals surface area contributed by atoms with E-state index in [1.54, 1.807) is 0 Å². The molecule has 44 heavy (non-hydrogen) atoms. The van der Waals surface area contributed by atoms with Gasteiger partial charge in [-0.1, -0.05) is 173 Å². The fourth-order valence-corrected chi connectivity index (χ4v) is 8.60. The second-order valence-corrected chi connectivity index (χ2v) is 13.6. The molecule has 0 amide bonds. The smallest absolute Gasteiger partial charge is 0.0721 e. The Balaban J connectivity index is 1.44. The van der Waals surface area contributed by atoms with Crippen LogP contribution in [-0.2, 0) is 0 Å². The van der Waals surface area contributed by atoms with Crippen LogP contribution in [0.15, 0.2) is 133 Å². The summed E-state index contributed by atoms with van der Waals surface area (Å²) in [7, 11) is 0. The average Bonchev–Trinajstić information content (AvgIpc) is 3.67. The molecule has 2 unspecified atom stereocenters. The van der Waals surface area contributed by atoms with Gasteiger partial charge in [-0.2, -0.15) is 0 Å². The van der Waals surface area contributed by atoms with Gasteiger partial charge in [-0.3, -0.25) is 0 Å². The summed E-state index contributed by atoms with van der Waals surface area (Å²) in [5, 5.41) is 0.0266. The van der Waals surface area contributed by atoms with Crippen molar-refractivity contribution in [1.82, 2.24) is 0 Å². The Bertz CT molecular complexity index is 1790. The Hall–Kier alpha value is -4.36. The van der Waals surface area contributed by atoms with Crippen LogP contribution in [-0.4, -0.2) is 6.71 Å². The molecule has 0 heterocycles. The number of fused-ring (bicyclic) bond motifs is 1. The lowest BCUT2D eigenvalue weighted by atomic mass is 9.26. The molecule has 0 aliphatic heterocycles. The lowest BCUT2D eigenvalue weighted by Gasteiger charge is -2.36. The largest absolute Gasteiger partial charge is 0.221 e. The van der Waals surface area contributed by atoms with Crippen LogP contribution in [0.1, 0.15) is 48.1 Å². The first-order valence-corrected chi connectivity index (χ1v) is 16.0. The van der Waals surface area contributed by atoms with Gasteiger partial charge < -0.3 is 0 Å². The lowest BCUT2D eigenvalue weighted by molar-refractivity contribution is 0.679. The maximum Gasteiger partial charge on any atom is 0.221 e. The van der Waals surface area contributed by atoms with Gasteiger partial charge in [0.05, 0.1) is 0 Å². The predicted octanol–water partition coefficient (Wildman–Crippen LogP) is 10.1. The van der Waals surface area contributed by atoms with Crippen molar-refractivity contribution in [1.29, 1.82) is 0 Å². The topological polar surface area (TPSA) is 0 Å². The van der Waals surface area contributed by atoms with E-state index in [9.17, 15) is 0 Å². The van der Waals surface area contributed by atoms with Crippen LogP contribution in [0.5, 0.6) is 0 Å². The summed E-state index contributed by atoms with van der Waals surface area (Å²) in [6, 6.07) is 42.3. The van der Waals surface area contributed by atoms with Gasteiger partial charge in [0.25, 0.3) is 0 Å². The molecular formula is C43H41B. The third-order valence-electron chi connectivity index (χ3n) is 10.7. The van der Waals surface area contributed by atoms with E-state index in [0.717, 1.165) is 6.42 Å². The van der Waals surface area contributed by atoms with Crippen LogP contribution in [0.25, 0.3) is 27.8 Å². The summed E-state index contributed by atoms with van der Waals surface area (Å²) in [6.07, 6.45) is 6.24. The van der Waals surface area contributed by atoms with Crippen molar-refractivity contribution < 1.29 is 0 Å². The molecule has 216 valence electrons. The van der Waals surface area contributed by atoms with Crippen molar-refractivity contribution in [2.45, 2.75) is 53.3 Å². The molecule has 0 spiro atoms. The van der Waals surface area contributed by atoms with E-state index in [-0.39, 0.29) is 17.4 Å². The molecule has 2 atom stereocenters. The number of rotatable bonds is 6. The van der Waals surface area contributed by atoms with E-state index in [1.165, 1.54) is 72.1 Å². The molecule has 0 radical (unpaired) electrons. The predicted molar refractivity (Wildman–Crippen MR) is 191 cm³/mol. The monoisotopic (exact) mass is 568 g/mol. The lowest BCUT2D eigenvalue weighted by Crippen LogP contribution is -2.53. The van der Waals surface area contributed by atoms with E-state index in [2.05, 4.69) is 169 Å². The Morgan fingerprint density at radius 1 is 0.500 bits per heavy atom. The second-order valence-electron chi connectivity index (χ2n) is 13.6. The fourth-order valence-electron chi connectivity index (χ4n) is 8.60. The van der Waals surface area contributed by atoms with Crippen LogP contribution in [0.4, 0.5) is 0 Å². The molecule has 1 fully saturated rings. The van der Waals surface area contributed by atoms with Gasteiger partial charge in [0.2, 0.25) is 6.71 Å². The van der Waals surface area contributed by atoms with Gasteiger partial charge in [0.15, 0.2) is 0 Å². The van der Waals surface area contributed by atoms with Crippen molar-refractivity contribution in [2.75, 3.05) is 0 Å². The summed E-state index contributed by atoms with van der Waals surface area (Å²) >= 11 is 0. The zero-order valence-electron chi connectivity index (χ0n) is 26.9. The molecule has 2 aliphatic rings. The van der Waals surface area contributed by atoms with E-state index < -0.39 is 0 Å². The minimum atomic E-state index is 0.0266. The number of benzene rings is 5. The zero-order valence-corrected chi connectivity index (χ0v) is 26.9.